The Kier molecular flexibility index (Phi) is 6.86. The number of hydrogen-bond acceptors (Lipinski definition) is 3. The second-order valence-electron chi connectivity index (χ2n) is 4.10. The first-order valence-electron chi connectivity index (χ1n) is 5.98. The Labute approximate surface area is 130 Å². The van der Waals surface area contributed by atoms with E-state index in [1.165, 1.54) is 25.3 Å². The van der Waals surface area contributed by atoms with Crippen LogP contribution < -0.4 is 10.6 Å². The summed E-state index contributed by atoms with van der Waals surface area (Å²) in [6.07, 6.45) is 0. The van der Waals surface area contributed by atoms with Gasteiger partial charge in [-0.2, -0.15) is 0 Å². The monoisotopic (exact) mass is 394 g/mol. The molecule has 2 N–H and O–H groups in total. The lowest BCUT2D eigenvalue weighted by Gasteiger charge is -2.14. The number of halogens is 2. The summed E-state index contributed by atoms with van der Waals surface area (Å²) in [6, 6.07) is 3.18. The van der Waals surface area contributed by atoms with E-state index < -0.39 is 17.8 Å². The van der Waals surface area contributed by atoms with Crippen LogP contribution in [0, 0.1) is 9.39 Å². The van der Waals surface area contributed by atoms with E-state index in [2.05, 4.69) is 10.6 Å². The average Bonchev–Trinajstić information content (AvgIpc) is 2.38. The van der Waals surface area contributed by atoms with Crippen LogP contribution in [0.25, 0.3) is 0 Å². The fourth-order valence-corrected chi connectivity index (χ4v) is 2.17. The molecule has 0 aliphatic heterocycles. The molecule has 0 aromatic heterocycles. The van der Waals surface area contributed by atoms with Crippen molar-refractivity contribution in [2.24, 2.45) is 0 Å². The molecule has 0 heterocycles. The number of rotatable bonds is 6. The highest BCUT2D eigenvalue weighted by molar-refractivity contribution is 14.1. The second-order valence-corrected chi connectivity index (χ2v) is 5.27. The Balaban J connectivity index is 2.58. The molecule has 2 amide bonds. The molecule has 0 spiro atoms. The lowest BCUT2D eigenvalue weighted by Crippen LogP contribution is -2.45. The van der Waals surface area contributed by atoms with Gasteiger partial charge in [-0.1, -0.05) is 0 Å². The molecule has 20 heavy (non-hydrogen) atoms. The van der Waals surface area contributed by atoms with Gasteiger partial charge in [-0.15, -0.1) is 0 Å². The summed E-state index contributed by atoms with van der Waals surface area (Å²) in [5.74, 6) is -1.12. The Morgan fingerprint density at radius 1 is 1.45 bits per heavy atom. The molecule has 110 valence electrons. The molecular formula is C13H16FIN2O3. The first kappa shape index (κ1) is 16.8. The minimum absolute atomic E-state index is 0.299. The second kappa shape index (κ2) is 8.15. The van der Waals surface area contributed by atoms with E-state index in [1.807, 2.05) is 22.6 Å². The van der Waals surface area contributed by atoms with Crippen LogP contribution in [0.4, 0.5) is 4.39 Å². The maximum atomic E-state index is 13.0. The molecule has 1 aromatic carbocycles. The van der Waals surface area contributed by atoms with Gasteiger partial charge in [0.05, 0.1) is 12.2 Å². The van der Waals surface area contributed by atoms with Gasteiger partial charge in [0, 0.05) is 17.2 Å². The van der Waals surface area contributed by atoms with E-state index in [1.54, 1.807) is 6.92 Å². The van der Waals surface area contributed by atoms with E-state index in [4.69, 9.17) is 4.74 Å². The van der Waals surface area contributed by atoms with Crippen LogP contribution in [0.2, 0.25) is 0 Å². The van der Waals surface area contributed by atoms with Crippen molar-refractivity contribution >= 4 is 34.4 Å². The van der Waals surface area contributed by atoms with Crippen LogP contribution in [0.15, 0.2) is 18.2 Å². The van der Waals surface area contributed by atoms with Crippen molar-refractivity contribution in [1.29, 1.82) is 0 Å². The molecule has 0 saturated heterocycles. The summed E-state index contributed by atoms with van der Waals surface area (Å²) < 4.78 is 18.3. The largest absolute Gasteiger partial charge is 0.383 e. The van der Waals surface area contributed by atoms with Crippen molar-refractivity contribution in [2.45, 2.75) is 13.0 Å². The molecule has 0 bridgehead atoms. The summed E-state index contributed by atoms with van der Waals surface area (Å²) in [7, 11) is 1.54. The van der Waals surface area contributed by atoms with E-state index in [-0.39, 0.29) is 5.91 Å². The van der Waals surface area contributed by atoms with Crippen LogP contribution in [0.5, 0.6) is 0 Å². The summed E-state index contributed by atoms with van der Waals surface area (Å²) >= 11 is 1.88. The standard InChI is InChI=1S/C13H16FIN2O3/c1-8(12(18)16-5-6-20-2)17-13(19)10-4-3-9(14)7-11(10)15/h3-4,7-8H,5-6H2,1-2H3,(H,16,18)(H,17,19). The number of methoxy groups -OCH3 is 1. The number of amides is 2. The van der Waals surface area contributed by atoms with Crippen LogP contribution in [-0.2, 0) is 9.53 Å². The SMILES string of the molecule is COCCNC(=O)C(C)NC(=O)c1ccc(F)cc1I. The predicted molar refractivity (Wildman–Crippen MR) is 80.9 cm³/mol. The molecule has 1 atom stereocenters. The zero-order chi connectivity index (χ0) is 15.1. The molecule has 7 heteroatoms. The third-order valence-corrected chi connectivity index (χ3v) is 3.41. The third kappa shape index (κ3) is 5.04. The molecule has 0 saturated carbocycles. The van der Waals surface area contributed by atoms with Gasteiger partial charge in [0.2, 0.25) is 5.91 Å². The van der Waals surface area contributed by atoms with E-state index in [9.17, 15) is 14.0 Å². The minimum Gasteiger partial charge on any atom is -0.383 e. The van der Waals surface area contributed by atoms with E-state index in [0.717, 1.165) is 0 Å². The molecular weight excluding hydrogens is 378 g/mol. The smallest absolute Gasteiger partial charge is 0.252 e. The van der Waals surface area contributed by atoms with Gasteiger partial charge in [-0.25, -0.2) is 4.39 Å². The van der Waals surface area contributed by atoms with Crippen LogP contribution in [-0.4, -0.2) is 38.1 Å². The quantitative estimate of drug-likeness (QED) is 0.565. The molecule has 1 rings (SSSR count). The Hall–Kier alpha value is -1.22. The highest BCUT2D eigenvalue weighted by Crippen LogP contribution is 2.13. The van der Waals surface area contributed by atoms with Crippen molar-refractivity contribution in [3.05, 3.63) is 33.1 Å². The molecule has 1 unspecified atom stereocenters. The zero-order valence-electron chi connectivity index (χ0n) is 11.2. The van der Waals surface area contributed by atoms with E-state index in [0.29, 0.717) is 22.3 Å². The van der Waals surface area contributed by atoms with Gasteiger partial charge < -0.3 is 15.4 Å². The van der Waals surface area contributed by atoms with Crippen molar-refractivity contribution in [3.63, 3.8) is 0 Å². The maximum absolute atomic E-state index is 13.0. The van der Waals surface area contributed by atoms with Crippen molar-refractivity contribution in [1.82, 2.24) is 10.6 Å². The van der Waals surface area contributed by atoms with Crippen molar-refractivity contribution < 1.29 is 18.7 Å². The number of benzene rings is 1. The molecule has 0 fully saturated rings. The van der Waals surface area contributed by atoms with Crippen molar-refractivity contribution in [3.8, 4) is 0 Å². The Bertz CT molecular complexity index is 497. The highest BCUT2D eigenvalue weighted by Gasteiger charge is 2.17. The Morgan fingerprint density at radius 2 is 2.15 bits per heavy atom. The number of nitrogens with one attached hydrogen (secondary N) is 2. The molecule has 1 aromatic rings. The summed E-state index contributed by atoms with van der Waals surface area (Å²) in [5, 5.41) is 5.19. The van der Waals surface area contributed by atoms with Crippen LogP contribution in [0.3, 0.4) is 0 Å². The number of hydrogen-bond donors (Lipinski definition) is 2. The predicted octanol–water partition coefficient (Wildman–Crippen LogP) is 1.31. The zero-order valence-corrected chi connectivity index (χ0v) is 13.4. The van der Waals surface area contributed by atoms with Gasteiger partial charge in [-0.05, 0) is 47.7 Å². The summed E-state index contributed by atoms with van der Waals surface area (Å²) in [6.45, 7) is 2.36. The first-order chi connectivity index (χ1) is 9.45. The third-order valence-electron chi connectivity index (χ3n) is 2.52. The molecule has 0 radical (unpaired) electrons. The number of carbonyl (C=O) groups is 2. The van der Waals surface area contributed by atoms with Crippen LogP contribution in [0.1, 0.15) is 17.3 Å². The average molecular weight is 394 g/mol. The molecule has 5 nitrogen and oxygen atoms in total. The molecule has 0 aliphatic carbocycles. The summed E-state index contributed by atoms with van der Waals surface area (Å²) in [5.41, 5.74) is 0.337. The topological polar surface area (TPSA) is 67.4 Å². The lowest BCUT2D eigenvalue weighted by atomic mass is 10.2. The number of carbonyl (C=O) groups excluding carboxylic acids is 2. The summed E-state index contributed by atoms with van der Waals surface area (Å²) in [4.78, 5) is 23.7. The van der Waals surface area contributed by atoms with Gasteiger partial charge in [0.15, 0.2) is 0 Å². The van der Waals surface area contributed by atoms with Gasteiger partial charge >= 0.3 is 0 Å². The van der Waals surface area contributed by atoms with E-state index >= 15 is 0 Å². The van der Waals surface area contributed by atoms with Gasteiger partial charge in [0.1, 0.15) is 11.9 Å². The first-order valence-corrected chi connectivity index (χ1v) is 7.06. The minimum atomic E-state index is -0.680. The van der Waals surface area contributed by atoms with Gasteiger partial charge in [-0.3, -0.25) is 9.59 Å². The highest BCUT2D eigenvalue weighted by atomic mass is 127. The van der Waals surface area contributed by atoms with Crippen molar-refractivity contribution in [2.75, 3.05) is 20.3 Å². The fourth-order valence-electron chi connectivity index (χ4n) is 1.44. The van der Waals surface area contributed by atoms with Crippen LogP contribution >= 0.6 is 22.6 Å². The van der Waals surface area contributed by atoms with Gasteiger partial charge in [0.25, 0.3) is 5.91 Å². The Morgan fingerprint density at radius 3 is 2.75 bits per heavy atom. The normalized spacial score (nSPS) is 11.8. The molecule has 0 aliphatic rings. The number of ether oxygens (including phenoxy) is 1. The lowest BCUT2D eigenvalue weighted by molar-refractivity contribution is -0.122. The maximum Gasteiger partial charge on any atom is 0.252 e. The fraction of sp³-hybridized carbons (Fsp3) is 0.385.